The summed E-state index contributed by atoms with van der Waals surface area (Å²) in [5.41, 5.74) is 0. The van der Waals surface area contributed by atoms with E-state index < -0.39 is 0 Å². The molecule has 0 bridgehead atoms. The van der Waals surface area contributed by atoms with E-state index in [4.69, 9.17) is 4.74 Å². The third-order valence-corrected chi connectivity index (χ3v) is 4.60. The topological polar surface area (TPSA) is 9.23 Å². The van der Waals surface area contributed by atoms with Gasteiger partial charge in [-0.1, -0.05) is 19.3 Å². The first-order chi connectivity index (χ1) is 6.45. The van der Waals surface area contributed by atoms with Gasteiger partial charge in [-0.3, -0.25) is 0 Å². The Morgan fingerprint density at radius 2 is 1.69 bits per heavy atom. The molecule has 3 rings (SSSR count). The quantitative estimate of drug-likeness (QED) is 0.557. The Morgan fingerprint density at radius 1 is 0.769 bits per heavy atom. The summed E-state index contributed by atoms with van der Waals surface area (Å²) in [6.45, 7) is 1.05. The average Bonchev–Trinajstić information content (AvgIpc) is 2.65. The van der Waals surface area contributed by atoms with Crippen LogP contribution in [0.5, 0.6) is 0 Å². The highest BCUT2D eigenvalue weighted by Crippen LogP contribution is 2.47. The summed E-state index contributed by atoms with van der Waals surface area (Å²) in [5, 5.41) is 0. The van der Waals surface area contributed by atoms with Crippen molar-refractivity contribution in [3.05, 3.63) is 0 Å². The van der Waals surface area contributed by atoms with Crippen LogP contribution in [0.2, 0.25) is 0 Å². The SMILES string of the molecule is C1CCC2C(C1)CCC1OCCC12. The summed E-state index contributed by atoms with van der Waals surface area (Å²) in [7, 11) is 0. The van der Waals surface area contributed by atoms with Crippen LogP contribution < -0.4 is 0 Å². The maximum Gasteiger partial charge on any atom is 0.0607 e. The minimum Gasteiger partial charge on any atom is -0.378 e. The van der Waals surface area contributed by atoms with E-state index in [1.165, 1.54) is 44.9 Å². The summed E-state index contributed by atoms with van der Waals surface area (Å²) in [5.74, 6) is 3.09. The molecule has 1 saturated heterocycles. The van der Waals surface area contributed by atoms with E-state index in [1.807, 2.05) is 0 Å². The lowest BCUT2D eigenvalue weighted by Gasteiger charge is -2.42. The van der Waals surface area contributed by atoms with Gasteiger partial charge in [0.05, 0.1) is 6.10 Å². The maximum absolute atomic E-state index is 5.81. The first kappa shape index (κ1) is 8.28. The molecule has 0 aromatic carbocycles. The molecule has 0 aromatic rings. The molecule has 4 unspecified atom stereocenters. The van der Waals surface area contributed by atoms with Gasteiger partial charge in [0.15, 0.2) is 0 Å². The van der Waals surface area contributed by atoms with Gasteiger partial charge in [0, 0.05) is 6.61 Å². The molecule has 0 spiro atoms. The fourth-order valence-corrected chi connectivity index (χ4v) is 3.99. The zero-order chi connectivity index (χ0) is 8.67. The third-order valence-electron chi connectivity index (χ3n) is 4.60. The van der Waals surface area contributed by atoms with E-state index in [0.29, 0.717) is 6.10 Å². The van der Waals surface area contributed by atoms with Gasteiger partial charge in [0.1, 0.15) is 0 Å². The van der Waals surface area contributed by atoms with Crippen LogP contribution in [-0.2, 0) is 4.74 Å². The standard InChI is InChI=1S/C12H20O/c1-2-4-10-9(3-1)5-6-12-11(10)7-8-13-12/h9-12H,1-8H2. The molecule has 3 aliphatic rings. The van der Waals surface area contributed by atoms with Crippen molar-refractivity contribution in [2.45, 2.75) is 51.0 Å². The molecule has 1 heterocycles. The number of rotatable bonds is 0. The van der Waals surface area contributed by atoms with E-state index in [9.17, 15) is 0 Å². The van der Waals surface area contributed by atoms with E-state index >= 15 is 0 Å². The number of ether oxygens (including phenoxy) is 1. The van der Waals surface area contributed by atoms with Crippen LogP contribution >= 0.6 is 0 Å². The molecule has 3 fully saturated rings. The van der Waals surface area contributed by atoms with Crippen molar-refractivity contribution in [2.75, 3.05) is 6.61 Å². The second kappa shape index (κ2) is 3.27. The Hall–Kier alpha value is -0.0400. The van der Waals surface area contributed by atoms with Crippen molar-refractivity contribution in [3.8, 4) is 0 Å². The van der Waals surface area contributed by atoms with Crippen molar-refractivity contribution in [2.24, 2.45) is 17.8 Å². The average molecular weight is 180 g/mol. The van der Waals surface area contributed by atoms with Gasteiger partial charge in [-0.05, 0) is 43.4 Å². The first-order valence-corrected chi connectivity index (χ1v) is 6.07. The Balaban J connectivity index is 1.77. The second-order valence-electron chi connectivity index (χ2n) is 5.15. The lowest BCUT2D eigenvalue weighted by molar-refractivity contribution is 0.00427. The van der Waals surface area contributed by atoms with Gasteiger partial charge in [-0.25, -0.2) is 0 Å². The summed E-state index contributed by atoms with van der Waals surface area (Å²) < 4.78 is 5.81. The van der Waals surface area contributed by atoms with Gasteiger partial charge in [0.2, 0.25) is 0 Å². The molecule has 74 valence electrons. The molecule has 1 nitrogen and oxygen atoms in total. The number of hydrogen-bond acceptors (Lipinski definition) is 1. The minimum absolute atomic E-state index is 0.666. The zero-order valence-corrected chi connectivity index (χ0v) is 8.37. The highest BCUT2D eigenvalue weighted by Gasteiger charge is 2.42. The predicted octanol–water partition coefficient (Wildman–Crippen LogP) is 2.99. The molecule has 0 radical (unpaired) electrons. The Morgan fingerprint density at radius 3 is 2.69 bits per heavy atom. The van der Waals surface area contributed by atoms with Gasteiger partial charge in [-0.2, -0.15) is 0 Å². The Kier molecular flexibility index (Phi) is 2.08. The smallest absolute Gasteiger partial charge is 0.0607 e. The van der Waals surface area contributed by atoms with Crippen molar-refractivity contribution in [1.29, 1.82) is 0 Å². The van der Waals surface area contributed by atoms with Crippen LogP contribution in [0.1, 0.15) is 44.9 Å². The Bertz CT molecular complexity index is 190. The van der Waals surface area contributed by atoms with E-state index in [2.05, 4.69) is 0 Å². The van der Waals surface area contributed by atoms with Crippen molar-refractivity contribution in [3.63, 3.8) is 0 Å². The molecule has 2 saturated carbocycles. The molecular formula is C12H20O. The molecule has 2 aliphatic carbocycles. The van der Waals surface area contributed by atoms with Gasteiger partial charge in [0.25, 0.3) is 0 Å². The fraction of sp³-hybridized carbons (Fsp3) is 1.00. The van der Waals surface area contributed by atoms with Crippen LogP contribution in [-0.4, -0.2) is 12.7 Å². The largest absolute Gasteiger partial charge is 0.378 e. The zero-order valence-electron chi connectivity index (χ0n) is 8.37. The highest BCUT2D eigenvalue weighted by molar-refractivity contribution is 4.92. The summed E-state index contributed by atoms with van der Waals surface area (Å²) in [6, 6.07) is 0. The minimum atomic E-state index is 0.666. The van der Waals surface area contributed by atoms with Crippen LogP contribution in [0.4, 0.5) is 0 Å². The van der Waals surface area contributed by atoms with Crippen LogP contribution in [0, 0.1) is 17.8 Å². The molecular weight excluding hydrogens is 160 g/mol. The molecule has 0 amide bonds. The Labute approximate surface area is 80.8 Å². The molecule has 13 heavy (non-hydrogen) atoms. The second-order valence-corrected chi connectivity index (χ2v) is 5.15. The van der Waals surface area contributed by atoms with Gasteiger partial charge >= 0.3 is 0 Å². The van der Waals surface area contributed by atoms with Crippen LogP contribution in [0.3, 0.4) is 0 Å². The number of hydrogen-bond donors (Lipinski definition) is 0. The fourth-order valence-electron chi connectivity index (χ4n) is 3.99. The summed E-state index contributed by atoms with van der Waals surface area (Å²) in [4.78, 5) is 0. The van der Waals surface area contributed by atoms with E-state index in [-0.39, 0.29) is 0 Å². The van der Waals surface area contributed by atoms with Crippen LogP contribution in [0.25, 0.3) is 0 Å². The number of fused-ring (bicyclic) bond motifs is 3. The molecule has 0 N–H and O–H groups in total. The predicted molar refractivity (Wildman–Crippen MR) is 52.5 cm³/mol. The van der Waals surface area contributed by atoms with Crippen molar-refractivity contribution in [1.82, 2.24) is 0 Å². The monoisotopic (exact) mass is 180 g/mol. The van der Waals surface area contributed by atoms with Crippen LogP contribution in [0.15, 0.2) is 0 Å². The first-order valence-electron chi connectivity index (χ1n) is 6.07. The normalized spacial score (nSPS) is 49.8. The summed E-state index contributed by atoms with van der Waals surface area (Å²) >= 11 is 0. The maximum atomic E-state index is 5.81. The van der Waals surface area contributed by atoms with Gasteiger partial charge in [-0.15, -0.1) is 0 Å². The summed E-state index contributed by atoms with van der Waals surface area (Å²) in [6.07, 6.45) is 10.9. The third kappa shape index (κ3) is 1.32. The highest BCUT2D eigenvalue weighted by atomic mass is 16.5. The molecule has 1 aliphatic heterocycles. The van der Waals surface area contributed by atoms with E-state index in [1.54, 1.807) is 0 Å². The van der Waals surface area contributed by atoms with Crippen molar-refractivity contribution < 1.29 is 4.74 Å². The van der Waals surface area contributed by atoms with E-state index in [0.717, 1.165) is 24.4 Å². The van der Waals surface area contributed by atoms with Crippen molar-refractivity contribution >= 4 is 0 Å². The lowest BCUT2D eigenvalue weighted by atomic mass is 9.64. The molecule has 0 aromatic heterocycles. The molecule has 4 atom stereocenters. The van der Waals surface area contributed by atoms with Gasteiger partial charge < -0.3 is 4.74 Å². The molecule has 1 heteroatoms. The lowest BCUT2D eigenvalue weighted by Crippen LogP contribution is -2.37.